The van der Waals surface area contributed by atoms with Crippen molar-refractivity contribution in [2.75, 3.05) is 19.6 Å². The maximum atomic E-state index is 11.7. The van der Waals surface area contributed by atoms with Gasteiger partial charge in [0.15, 0.2) is 0 Å². The molecule has 7 nitrogen and oxygen atoms in total. The number of fused-ring (bicyclic) bond motifs is 1. The Labute approximate surface area is 145 Å². The van der Waals surface area contributed by atoms with Gasteiger partial charge in [-0.2, -0.15) is 5.10 Å². The van der Waals surface area contributed by atoms with Gasteiger partial charge in [-0.15, -0.1) is 12.4 Å². The van der Waals surface area contributed by atoms with E-state index in [0.717, 1.165) is 24.2 Å². The minimum atomic E-state index is -1.04. The van der Waals surface area contributed by atoms with Gasteiger partial charge in [0.2, 0.25) is 5.91 Å². The second-order valence-electron chi connectivity index (χ2n) is 5.49. The van der Waals surface area contributed by atoms with Gasteiger partial charge in [0.25, 0.3) is 0 Å². The number of carboxylic acids is 1. The second-order valence-corrected chi connectivity index (χ2v) is 5.49. The molecule has 0 radical (unpaired) electrons. The standard InChI is InChI=1S/C16H18N4O3.ClH/c21-15(17-9-16(22)23)11-19-7-6-14-12(10-19)8-18-20(14)13-4-2-1-3-5-13;/h1-5,8H,6-7,9-11H2,(H,17,21)(H,22,23);1H. The lowest BCUT2D eigenvalue weighted by Crippen LogP contribution is -2.41. The van der Waals surface area contributed by atoms with E-state index in [1.165, 1.54) is 5.69 Å². The number of halogens is 1. The highest BCUT2D eigenvalue weighted by atomic mass is 35.5. The Kier molecular flexibility index (Phi) is 5.94. The fourth-order valence-electron chi connectivity index (χ4n) is 2.75. The van der Waals surface area contributed by atoms with Crippen LogP contribution in [0.5, 0.6) is 0 Å². The number of hydrogen-bond acceptors (Lipinski definition) is 4. The third-order valence-corrected chi connectivity index (χ3v) is 3.82. The average molecular weight is 351 g/mol. The largest absolute Gasteiger partial charge is 0.480 e. The van der Waals surface area contributed by atoms with Gasteiger partial charge in [0.1, 0.15) is 6.54 Å². The van der Waals surface area contributed by atoms with Gasteiger partial charge in [-0.05, 0) is 12.1 Å². The first-order valence-corrected chi connectivity index (χ1v) is 7.45. The molecule has 1 aromatic carbocycles. The van der Waals surface area contributed by atoms with Crippen LogP contribution in [0.2, 0.25) is 0 Å². The maximum absolute atomic E-state index is 11.7. The van der Waals surface area contributed by atoms with Gasteiger partial charge >= 0.3 is 5.97 Å². The molecule has 0 fully saturated rings. The van der Waals surface area contributed by atoms with Crippen LogP contribution in [0.4, 0.5) is 0 Å². The number of carbonyl (C=O) groups is 2. The Morgan fingerprint density at radius 3 is 2.71 bits per heavy atom. The van der Waals surface area contributed by atoms with E-state index in [9.17, 15) is 9.59 Å². The number of nitrogens with zero attached hydrogens (tertiary/aromatic N) is 3. The molecule has 1 aliphatic rings. The number of nitrogens with one attached hydrogen (secondary N) is 1. The third-order valence-electron chi connectivity index (χ3n) is 3.82. The van der Waals surface area contributed by atoms with E-state index in [4.69, 9.17) is 5.11 Å². The Morgan fingerprint density at radius 2 is 2.00 bits per heavy atom. The van der Waals surface area contributed by atoms with E-state index in [0.29, 0.717) is 6.54 Å². The number of aromatic nitrogens is 2. The fourth-order valence-corrected chi connectivity index (χ4v) is 2.75. The summed E-state index contributed by atoms with van der Waals surface area (Å²) in [6, 6.07) is 9.95. The molecule has 0 saturated carbocycles. The van der Waals surface area contributed by atoms with Crippen LogP contribution in [0, 0.1) is 0 Å². The quantitative estimate of drug-likeness (QED) is 0.835. The smallest absolute Gasteiger partial charge is 0.322 e. The van der Waals surface area contributed by atoms with Crippen LogP contribution in [0.25, 0.3) is 5.69 Å². The molecule has 24 heavy (non-hydrogen) atoms. The van der Waals surface area contributed by atoms with Gasteiger partial charge in [0, 0.05) is 30.8 Å². The van der Waals surface area contributed by atoms with Crippen molar-refractivity contribution >= 4 is 24.3 Å². The van der Waals surface area contributed by atoms with Crippen LogP contribution in [-0.4, -0.2) is 51.3 Å². The summed E-state index contributed by atoms with van der Waals surface area (Å²) in [6.07, 6.45) is 2.64. The molecule has 1 aliphatic heterocycles. The molecular formula is C16H19ClN4O3. The van der Waals surface area contributed by atoms with Crippen molar-refractivity contribution in [2.45, 2.75) is 13.0 Å². The molecule has 2 aromatic rings. The molecule has 2 heterocycles. The number of hydrogen-bond donors (Lipinski definition) is 2. The first-order chi connectivity index (χ1) is 11.1. The number of benzene rings is 1. The Hall–Kier alpha value is -2.38. The van der Waals surface area contributed by atoms with Crippen LogP contribution in [-0.2, 0) is 22.6 Å². The van der Waals surface area contributed by atoms with Gasteiger partial charge in [0.05, 0.1) is 18.4 Å². The lowest BCUT2D eigenvalue weighted by atomic mass is 10.1. The monoisotopic (exact) mass is 350 g/mol. The third kappa shape index (κ3) is 4.12. The molecular weight excluding hydrogens is 332 g/mol. The second kappa shape index (κ2) is 7.94. The number of aliphatic carboxylic acids is 1. The zero-order valence-corrected chi connectivity index (χ0v) is 13.8. The molecule has 0 unspecified atom stereocenters. The molecule has 1 amide bonds. The lowest BCUT2D eigenvalue weighted by Gasteiger charge is -2.26. The molecule has 0 aliphatic carbocycles. The van der Waals surface area contributed by atoms with Crippen molar-refractivity contribution in [3.05, 3.63) is 47.8 Å². The number of para-hydroxylation sites is 1. The van der Waals surface area contributed by atoms with Crippen molar-refractivity contribution in [1.29, 1.82) is 0 Å². The molecule has 8 heteroatoms. The van der Waals surface area contributed by atoms with Crippen LogP contribution in [0.3, 0.4) is 0 Å². The number of carbonyl (C=O) groups excluding carboxylic acids is 1. The Balaban J connectivity index is 0.00000208. The van der Waals surface area contributed by atoms with Gasteiger partial charge in [-0.25, -0.2) is 4.68 Å². The topological polar surface area (TPSA) is 87.5 Å². The highest BCUT2D eigenvalue weighted by Crippen LogP contribution is 2.21. The lowest BCUT2D eigenvalue weighted by molar-refractivity contribution is -0.138. The van der Waals surface area contributed by atoms with Crippen molar-refractivity contribution in [2.24, 2.45) is 0 Å². The predicted molar refractivity (Wildman–Crippen MR) is 90.4 cm³/mol. The van der Waals surface area contributed by atoms with Crippen molar-refractivity contribution in [3.8, 4) is 5.69 Å². The van der Waals surface area contributed by atoms with E-state index >= 15 is 0 Å². The van der Waals surface area contributed by atoms with E-state index in [-0.39, 0.29) is 31.4 Å². The molecule has 0 spiro atoms. The molecule has 1 aromatic heterocycles. The van der Waals surface area contributed by atoms with E-state index in [1.54, 1.807) is 0 Å². The molecule has 0 atom stereocenters. The van der Waals surface area contributed by atoms with Gasteiger partial charge in [-0.1, -0.05) is 18.2 Å². The highest BCUT2D eigenvalue weighted by molar-refractivity contribution is 5.85. The van der Waals surface area contributed by atoms with Crippen LogP contribution in [0.1, 0.15) is 11.3 Å². The number of rotatable bonds is 5. The first-order valence-electron chi connectivity index (χ1n) is 7.45. The van der Waals surface area contributed by atoms with Crippen LogP contribution >= 0.6 is 12.4 Å². The van der Waals surface area contributed by atoms with Crippen molar-refractivity contribution in [3.63, 3.8) is 0 Å². The summed E-state index contributed by atoms with van der Waals surface area (Å²) in [4.78, 5) is 24.2. The summed E-state index contributed by atoms with van der Waals surface area (Å²) in [6.45, 7) is 1.24. The van der Waals surface area contributed by atoms with Crippen LogP contribution < -0.4 is 5.32 Å². The maximum Gasteiger partial charge on any atom is 0.322 e. The summed E-state index contributed by atoms with van der Waals surface area (Å²) in [5.74, 6) is -1.31. The first kappa shape index (κ1) is 18.0. The van der Waals surface area contributed by atoms with Crippen LogP contribution in [0.15, 0.2) is 36.5 Å². The highest BCUT2D eigenvalue weighted by Gasteiger charge is 2.22. The Bertz CT molecular complexity index is 717. The fraction of sp³-hybridized carbons (Fsp3) is 0.312. The summed E-state index contributed by atoms with van der Waals surface area (Å²) in [5, 5.41) is 15.4. The SMILES string of the molecule is Cl.O=C(O)CNC(=O)CN1CCc2c(cnn2-c2ccccc2)C1. The normalized spacial score (nSPS) is 13.7. The molecule has 0 saturated heterocycles. The molecule has 128 valence electrons. The molecule has 0 bridgehead atoms. The summed E-state index contributed by atoms with van der Waals surface area (Å²) >= 11 is 0. The minimum absolute atomic E-state index is 0. The summed E-state index contributed by atoms with van der Waals surface area (Å²) in [7, 11) is 0. The Morgan fingerprint density at radius 1 is 1.25 bits per heavy atom. The molecule has 2 N–H and O–H groups in total. The number of amides is 1. The zero-order valence-electron chi connectivity index (χ0n) is 13.0. The minimum Gasteiger partial charge on any atom is -0.480 e. The molecule has 3 rings (SSSR count). The summed E-state index contributed by atoms with van der Waals surface area (Å²) < 4.78 is 1.94. The number of carboxylic acid groups (broad SMARTS) is 1. The van der Waals surface area contributed by atoms with Crippen molar-refractivity contribution in [1.82, 2.24) is 20.0 Å². The van der Waals surface area contributed by atoms with E-state index < -0.39 is 5.97 Å². The van der Waals surface area contributed by atoms with Gasteiger partial charge < -0.3 is 10.4 Å². The van der Waals surface area contributed by atoms with Gasteiger partial charge in [-0.3, -0.25) is 14.5 Å². The average Bonchev–Trinajstić information content (AvgIpc) is 2.97. The van der Waals surface area contributed by atoms with E-state index in [2.05, 4.69) is 10.4 Å². The van der Waals surface area contributed by atoms with Crippen molar-refractivity contribution < 1.29 is 14.7 Å². The van der Waals surface area contributed by atoms with E-state index in [1.807, 2.05) is 46.1 Å². The predicted octanol–water partition coefficient (Wildman–Crippen LogP) is 0.853. The zero-order chi connectivity index (χ0) is 16.2. The summed E-state index contributed by atoms with van der Waals surface area (Å²) in [5.41, 5.74) is 3.30.